The zero-order valence-electron chi connectivity index (χ0n) is 9.90. The van der Waals surface area contributed by atoms with Crippen molar-refractivity contribution in [3.05, 3.63) is 47.5 Å². The predicted octanol–water partition coefficient (Wildman–Crippen LogP) is 3.51. The minimum Gasteiger partial charge on any atom is -0.462 e. The number of ether oxygens (including phenoxy) is 1. The zero-order chi connectivity index (χ0) is 11.8. The Hall–Kier alpha value is -1.57. The number of carbonyl (C=O) groups is 1. The quantitative estimate of drug-likeness (QED) is 0.429. The van der Waals surface area contributed by atoms with Crippen LogP contribution in [0.3, 0.4) is 0 Å². The lowest BCUT2D eigenvalue weighted by molar-refractivity contribution is 0.0511. The van der Waals surface area contributed by atoms with Crippen LogP contribution in [0.1, 0.15) is 35.7 Å². The van der Waals surface area contributed by atoms with Gasteiger partial charge in [0.1, 0.15) is 0 Å². The molecular formula is C14H18O2. The summed E-state index contributed by atoms with van der Waals surface area (Å²) in [4.78, 5) is 11.7. The summed E-state index contributed by atoms with van der Waals surface area (Å²) < 4.78 is 5.17. The number of hydrogen-bond donors (Lipinski definition) is 0. The number of esters is 1. The fourth-order valence-electron chi connectivity index (χ4n) is 1.38. The van der Waals surface area contributed by atoms with E-state index in [9.17, 15) is 4.79 Å². The van der Waals surface area contributed by atoms with Crippen molar-refractivity contribution in [3.8, 4) is 0 Å². The van der Waals surface area contributed by atoms with E-state index < -0.39 is 0 Å². The summed E-state index contributed by atoms with van der Waals surface area (Å²) in [5.74, 6) is -0.233. The molecule has 0 aromatic heterocycles. The van der Waals surface area contributed by atoms with Gasteiger partial charge in [-0.2, -0.15) is 0 Å². The molecule has 0 aliphatic heterocycles. The highest BCUT2D eigenvalue weighted by Gasteiger charge is 2.08. The maximum absolute atomic E-state index is 11.7. The molecule has 0 aliphatic carbocycles. The number of allylic oxidation sites excluding steroid dienone is 1. The second kappa shape index (κ2) is 6.83. The molecule has 0 unspecified atom stereocenters. The summed E-state index contributed by atoms with van der Waals surface area (Å²) in [7, 11) is 0. The van der Waals surface area contributed by atoms with Crippen LogP contribution in [0.25, 0.3) is 0 Å². The Kier molecular flexibility index (Phi) is 5.34. The second-order valence-electron chi connectivity index (χ2n) is 3.62. The average Bonchev–Trinajstić information content (AvgIpc) is 2.29. The van der Waals surface area contributed by atoms with Crippen LogP contribution in [0.4, 0.5) is 0 Å². The van der Waals surface area contributed by atoms with E-state index in [0.29, 0.717) is 12.2 Å². The minimum atomic E-state index is -0.233. The van der Waals surface area contributed by atoms with E-state index in [-0.39, 0.29) is 5.97 Å². The van der Waals surface area contributed by atoms with Crippen molar-refractivity contribution >= 4 is 5.97 Å². The molecule has 0 saturated carbocycles. The molecular weight excluding hydrogens is 200 g/mol. The Morgan fingerprint density at radius 2 is 2.06 bits per heavy atom. The summed E-state index contributed by atoms with van der Waals surface area (Å²) in [6.07, 6.45) is 5.91. The number of carbonyl (C=O) groups excluding carboxylic acids is 1. The molecule has 0 aliphatic rings. The van der Waals surface area contributed by atoms with Crippen molar-refractivity contribution in [2.45, 2.75) is 26.7 Å². The van der Waals surface area contributed by atoms with E-state index in [4.69, 9.17) is 4.74 Å². The van der Waals surface area contributed by atoms with Gasteiger partial charge in [-0.05, 0) is 31.4 Å². The second-order valence-corrected chi connectivity index (χ2v) is 3.62. The highest BCUT2D eigenvalue weighted by atomic mass is 16.5. The molecule has 0 atom stereocenters. The van der Waals surface area contributed by atoms with Crippen molar-refractivity contribution in [2.75, 3.05) is 6.61 Å². The third-order valence-corrected chi connectivity index (χ3v) is 2.29. The first-order valence-corrected chi connectivity index (χ1v) is 5.63. The SMILES string of the molecule is CC/C=C\CCOC(=O)c1ccccc1C. The molecule has 0 bridgehead atoms. The van der Waals surface area contributed by atoms with Crippen LogP contribution in [0.2, 0.25) is 0 Å². The fourth-order valence-corrected chi connectivity index (χ4v) is 1.38. The van der Waals surface area contributed by atoms with Crippen molar-refractivity contribution in [1.82, 2.24) is 0 Å². The summed E-state index contributed by atoms with van der Waals surface area (Å²) in [5.41, 5.74) is 1.61. The van der Waals surface area contributed by atoms with Gasteiger partial charge in [-0.15, -0.1) is 0 Å². The fraction of sp³-hybridized carbons (Fsp3) is 0.357. The maximum atomic E-state index is 11.7. The van der Waals surface area contributed by atoms with E-state index in [0.717, 1.165) is 18.4 Å². The summed E-state index contributed by atoms with van der Waals surface area (Å²) in [6.45, 7) is 4.44. The molecule has 0 spiro atoms. The van der Waals surface area contributed by atoms with Gasteiger partial charge in [0.15, 0.2) is 0 Å². The molecule has 0 heterocycles. The predicted molar refractivity (Wildman–Crippen MR) is 65.5 cm³/mol. The number of benzene rings is 1. The Bertz CT molecular complexity index is 367. The van der Waals surface area contributed by atoms with Crippen molar-refractivity contribution in [2.24, 2.45) is 0 Å². The summed E-state index contributed by atoms with van der Waals surface area (Å²) in [5, 5.41) is 0. The maximum Gasteiger partial charge on any atom is 0.338 e. The molecule has 1 aromatic carbocycles. The van der Waals surface area contributed by atoms with Crippen LogP contribution in [0, 0.1) is 6.92 Å². The van der Waals surface area contributed by atoms with Gasteiger partial charge in [-0.1, -0.05) is 37.3 Å². The molecule has 2 heteroatoms. The molecule has 1 aromatic rings. The van der Waals surface area contributed by atoms with Crippen LogP contribution in [-0.2, 0) is 4.74 Å². The van der Waals surface area contributed by atoms with Crippen LogP contribution >= 0.6 is 0 Å². The normalized spacial score (nSPS) is 10.6. The largest absolute Gasteiger partial charge is 0.462 e. The lowest BCUT2D eigenvalue weighted by atomic mass is 10.1. The van der Waals surface area contributed by atoms with Gasteiger partial charge >= 0.3 is 5.97 Å². The Balaban J connectivity index is 2.41. The molecule has 86 valence electrons. The van der Waals surface area contributed by atoms with E-state index >= 15 is 0 Å². The van der Waals surface area contributed by atoms with Gasteiger partial charge in [-0.3, -0.25) is 0 Å². The van der Waals surface area contributed by atoms with Crippen LogP contribution in [0.5, 0.6) is 0 Å². The van der Waals surface area contributed by atoms with Gasteiger partial charge in [0.05, 0.1) is 12.2 Å². The first kappa shape index (κ1) is 12.5. The van der Waals surface area contributed by atoms with E-state index in [1.165, 1.54) is 0 Å². The summed E-state index contributed by atoms with van der Waals surface area (Å²) >= 11 is 0. The van der Waals surface area contributed by atoms with E-state index in [1.54, 1.807) is 6.07 Å². The van der Waals surface area contributed by atoms with Crippen molar-refractivity contribution in [3.63, 3.8) is 0 Å². The van der Waals surface area contributed by atoms with Gasteiger partial charge in [-0.25, -0.2) is 4.79 Å². The molecule has 0 N–H and O–H groups in total. The molecule has 0 saturated heterocycles. The third-order valence-electron chi connectivity index (χ3n) is 2.29. The number of hydrogen-bond acceptors (Lipinski definition) is 2. The standard InChI is InChI=1S/C14H18O2/c1-3-4-5-8-11-16-14(15)13-10-7-6-9-12(13)2/h4-7,9-10H,3,8,11H2,1-2H3/b5-4-. The highest BCUT2D eigenvalue weighted by Crippen LogP contribution is 2.08. The Labute approximate surface area is 96.9 Å². The minimum absolute atomic E-state index is 0.233. The summed E-state index contributed by atoms with van der Waals surface area (Å²) in [6, 6.07) is 7.46. The zero-order valence-corrected chi connectivity index (χ0v) is 9.90. The average molecular weight is 218 g/mol. The molecule has 2 nitrogen and oxygen atoms in total. The third kappa shape index (κ3) is 3.89. The van der Waals surface area contributed by atoms with Gasteiger partial charge in [0, 0.05) is 0 Å². The van der Waals surface area contributed by atoms with Gasteiger partial charge < -0.3 is 4.74 Å². The van der Waals surface area contributed by atoms with Crippen LogP contribution in [-0.4, -0.2) is 12.6 Å². The van der Waals surface area contributed by atoms with Gasteiger partial charge in [0.25, 0.3) is 0 Å². The monoisotopic (exact) mass is 218 g/mol. The topological polar surface area (TPSA) is 26.3 Å². The van der Waals surface area contributed by atoms with E-state index in [2.05, 4.69) is 13.0 Å². The molecule has 1 rings (SSSR count). The van der Waals surface area contributed by atoms with E-state index in [1.807, 2.05) is 31.2 Å². The Morgan fingerprint density at radius 3 is 2.75 bits per heavy atom. The first-order chi connectivity index (χ1) is 7.75. The molecule has 0 radical (unpaired) electrons. The van der Waals surface area contributed by atoms with Crippen molar-refractivity contribution in [1.29, 1.82) is 0 Å². The smallest absolute Gasteiger partial charge is 0.338 e. The van der Waals surface area contributed by atoms with Gasteiger partial charge in [0.2, 0.25) is 0 Å². The number of aryl methyl sites for hydroxylation is 1. The first-order valence-electron chi connectivity index (χ1n) is 5.63. The molecule has 0 amide bonds. The lowest BCUT2D eigenvalue weighted by Gasteiger charge is -2.05. The molecule has 0 fully saturated rings. The highest BCUT2D eigenvalue weighted by molar-refractivity contribution is 5.90. The van der Waals surface area contributed by atoms with Crippen LogP contribution in [0.15, 0.2) is 36.4 Å². The lowest BCUT2D eigenvalue weighted by Crippen LogP contribution is -2.07. The van der Waals surface area contributed by atoms with Crippen molar-refractivity contribution < 1.29 is 9.53 Å². The van der Waals surface area contributed by atoms with Crippen LogP contribution < -0.4 is 0 Å². The Morgan fingerprint density at radius 1 is 1.31 bits per heavy atom. The molecule has 16 heavy (non-hydrogen) atoms. The number of rotatable bonds is 5.